The van der Waals surface area contributed by atoms with Crippen molar-refractivity contribution in [3.05, 3.63) is 59.7 Å². The summed E-state index contributed by atoms with van der Waals surface area (Å²) < 4.78 is 17.2. The number of fused-ring (bicyclic) bond motifs is 1. The van der Waals surface area contributed by atoms with Crippen LogP contribution in [0.1, 0.15) is 42.1 Å². The number of para-hydroxylation sites is 1. The van der Waals surface area contributed by atoms with Crippen molar-refractivity contribution in [2.45, 2.75) is 38.2 Å². The van der Waals surface area contributed by atoms with Crippen molar-refractivity contribution in [3.63, 3.8) is 0 Å². The standard InChI is InChI=1S/C22H23NO5/c1-4-27-20-13-18(15-9-11-16(26-3)12-10-15)22(28-20)21(25)17-7-5-6-8-19(17)23(22)14(2)24/h5-12,18,20H,4,13H2,1-3H3. The average Bonchev–Trinajstić information content (AvgIpc) is 3.19. The number of carbonyl (C=O) groups is 2. The molecule has 0 N–H and O–H groups in total. The van der Waals surface area contributed by atoms with Gasteiger partial charge in [0.05, 0.1) is 12.8 Å². The minimum absolute atomic E-state index is 0.207. The third kappa shape index (κ3) is 2.64. The zero-order valence-corrected chi connectivity index (χ0v) is 16.2. The van der Waals surface area contributed by atoms with Gasteiger partial charge in [0.25, 0.3) is 0 Å². The molecule has 1 saturated heterocycles. The molecule has 2 heterocycles. The summed E-state index contributed by atoms with van der Waals surface area (Å²) in [5.74, 6) is -0.0865. The molecular formula is C22H23NO5. The molecule has 3 atom stereocenters. The second-order valence-corrected chi connectivity index (χ2v) is 6.96. The van der Waals surface area contributed by atoms with Crippen LogP contribution in [0.2, 0.25) is 0 Å². The summed E-state index contributed by atoms with van der Waals surface area (Å²) in [6.07, 6.45) is -0.0962. The summed E-state index contributed by atoms with van der Waals surface area (Å²) in [5, 5.41) is 0. The Morgan fingerprint density at radius 1 is 1.21 bits per heavy atom. The Hall–Kier alpha value is -2.70. The maximum atomic E-state index is 13.6. The second kappa shape index (κ2) is 7.04. The highest BCUT2D eigenvalue weighted by atomic mass is 16.7. The van der Waals surface area contributed by atoms with Crippen molar-refractivity contribution in [1.29, 1.82) is 0 Å². The highest BCUT2D eigenvalue weighted by Crippen LogP contribution is 2.53. The third-order valence-corrected chi connectivity index (χ3v) is 5.44. The van der Waals surface area contributed by atoms with Gasteiger partial charge in [0.2, 0.25) is 17.4 Å². The largest absolute Gasteiger partial charge is 0.497 e. The summed E-state index contributed by atoms with van der Waals surface area (Å²) in [7, 11) is 1.61. The fourth-order valence-electron chi connectivity index (χ4n) is 4.33. The number of methoxy groups -OCH3 is 1. The van der Waals surface area contributed by atoms with Gasteiger partial charge in [-0.05, 0) is 36.8 Å². The molecule has 146 valence electrons. The van der Waals surface area contributed by atoms with Crippen LogP contribution in [0.15, 0.2) is 48.5 Å². The summed E-state index contributed by atoms with van der Waals surface area (Å²) in [5.41, 5.74) is 0.531. The molecule has 1 amide bonds. The van der Waals surface area contributed by atoms with Crippen molar-refractivity contribution in [3.8, 4) is 5.75 Å². The van der Waals surface area contributed by atoms with Gasteiger partial charge in [-0.1, -0.05) is 24.3 Å². The fourth-order valence-corrected chi connectivity index (χ4v) is 4.33. The highest BCUT2D eigenvalue weighted by Gasteiger charge is 2.64. The van der Waals surface area contributed by atoms with E-state index in [1.165, 1.54) is 11.8 Å². The van der Waals surface area contributed by atoms with Crippen LogP contribution in [0.5, 0.6) is 5.75 Å². The Kier molecular flexibility index (Phi) is 4.69. The van der Waals surface area contributed by atoms with Crippen LogP contribution >= 0.6 is 0 Å². The van der Waals surface area contributed by atoms with E-state index < -0.39 is 12.0 Å². The third-order valence-electron chi connectivity index (χ3n) is 5.44. The molecule has 4 rings (SSSR count). The number of benzene rings is 2. The summed E-state index contributed by atoms with van der Waals surface area (Å²) >= 11 is 0. The first-order valence-electron chi connectivity index (χ1n) is 9.41. The van der Waals surface area contributed by atoms with Gasteiger partial charge in [0.15, 0.2) is 6.29 Å². The normalized spacial score (nSPS) is 26.0. The van der Waals surface area contributed by atoms with Gasteiger partial charge in [-0.3, -0.25) is 14.5 Å². The lowest BCUT2D eigenvalue weighted by Gasteiger charge is -2.37. The van der Waals surface area contributed by atoms with E-state index in [1.54, 1.807) is 25.3 Å². The summed E-state index contributed by atoms with van der Waals surface area (Å²) in [4.78, 5) is 27.8. The first-order valence-corrected chi connectivity index (χ1v) is 9.41. The van der Waals surface area contributed by atoms with Gasteiger partial charge < -0.3 is 14.2 Å². The smallest absolute Gasteiger partial charge is 0.226 e. The monoisotopic (exact) mass is 381 g/mol. The molecule has 2 aliphatic heterocycles. The number of Topliss-reactive ketones (excluding diaryl/α,β-unsaturated/α-hetero) is 1. The van der Waals surface area contributed by atoms with E-state index in [-0.39, 0.29) is 17.6 Å². The lowest BCUT2D eigenvalue weighted by atomic mass is 9.84. The van der Waals surface area contributed by atoms with Crippen molar-refractivity contribution >= 4 is 17.4 Å². The topological polar surface area (TPSA) is 65.1 Å². The SMILES string of the molecule is CCOC1CC(c2ccc(OC)cc2)C2(O1)C(=O)c1ccccc1N2C(C)=O. The molecule has 6 nitrogen and oxygen atoms in total. The first-order chi connectivity index (χ1) is 13.5. The second-order valence-electron chi connectivity index (χ2n) is 6.96. The number of hydrogen-bond donors (Lipinski definition) is 0. The summed E-state index contributed by atoms with van der Waals surface area (Å²) in [6.45, 7) is 3.79. The minimum atomic E-state index is -1.44. The molecule has 2 aromatic carbocycles. The van der Waals surface area contributed by atoms with E-state index in [2.05, 4.69) is 0 Å². The van der Waals surface area contributed by atoms with E-state index in [1.807, 2.05) is 37.3 Å². The predicted molar refractivity (Wildman–Crippen MR) is 104 cm³/mol. The number of rotatable bonds is 4. The molecule has 28 heavy (non-hydrogen) atoms. The van der Waals surface area contributed by atoms with Gasteiger partial charge in [-0.15, -0.1) is 0 Å². The molecular weight excluding hydrogens is 358 g/mol. The molecule has 2 aromatic rings. The van der Waals surface area contributed by atoms with E-state index >= 15 is 0 Å². The number of ketones is 1. The Balaban J connectivity index is 1.87. The zero-order valence-electron chi connectivity index (χ0n) is 16.2. The highest BCUT2D eigenvalue weighted by molar-refractivity contribution is 6.20. The molecule has 1 spiro atoms. The number of amides is 1. The maximum Gasteiger partial charge on any atom is 0.226 e. The van der Waals surface area contributed by atoms with E-state index in [0.717, 1.165) is 11.3 Å². The van der Waals surface area contributed by atoms with Crippen molar-refractivity contribution in [2.24, 2.45) is 0 Å². The molecule has 6 heteroatoms. The summed E-state index contributed by atoms with van der Waals surface area (Å²) in [6, 6.07) is 14.7. The molecule has 0 aromatic heterocycles. The molecule has 0 bridgehead atoms. The van der Waals surface area contributed by atoms with Crippen LogP contribution in [0.4, 0.5) is 5.69 Å². The van der Waals surface area contributed by atoms with E-state index in [0.29, 0.717) is 24.3 Å². The fraction of sp³-hybridized carbons (Fsp3) is 0.364. The number of anilines is 1. The maximum absolute atomic E-state index is 13.6. The Morgan fingerprint density at radius 3 is 2.57 bits per heavy atom. The van der Waals surface area contributed by atoms with Crippen molar-refractivity contribution in [1.82, 2.24) is 0 Å². The molecule has 1 fully saturated rings. The van der Waals surface area contributed by atoms with Crippen LogP contribution in [0.25, 0.3) is 0 Å². The van der Waals surface area contributed by atoms with Gasteiger partial charge >= 0.3 is 0 Å². The lowest BCUT2D eigenvalue weighted by molar-refractivity contribution is -0.155. The molecule has 0 saturated carbocycles. The molecule has 2 aliphatic rings. The Bertz CT molecular complexity index is 909. The number of ether oxygens (including phenoxy) is 3. The van der Waals surface area contributed by atoms with Crippen molar-refractivity contribution in [2.75, 3.05) is 18.6 Å². The van der Waals surface area contributed by atoms with Gasteiger partial charge in [0, 0.05) is 31.4 Å². The lowest BCUT2D eigenvalue weighted by Crippen LogP contribution is -2.56. The number of nitrogens with zero attached hydrogens (tertiary/aromatic N) is 1. The van der Waals surface area contributed by atoms with Crippen LogP contribution in [0.3, 0.4) is 0 Å². The molecule has 0 radical (unpaired) electrons. The van der Waals surface area contributed by atoms with Crippen LogP contribution in [-0.4, -0.2) is 37.4 Å². The Labute approximate surface area is 164 Å². The van der Waals surface area contributed by atoms with E-state index in [9.17, 15) is 9.59 Å². The Morgan fingerprint density at radius 2 is 1.93 bits per heavy atom. The quantitative estimate of drug-likeness (QED) is 0.811. The van der Waals surface area contributed by atoms with Crippen LogP contribution in [0, 0.1) is 0 Å². The van der Waals surface area contributed by atoms with Gasteiger partial charge in [-0.2, -0.15) is 0 Å². The molecule has 3 unspecified atom stereocenters. The average molecular weight is 381 g/mol. The van der Waals surface area contributed by atoms with E-state index in [4.69, 9.17) is 14.2 Å². The van der Waals surface area contributed by atoms with Crippen LogP contribution in [-0.2, 0) is 14.3 Å². The number of carbonyl (C=O) groups excluding carboxylic acids is 2. The molecule has 0 aliphatic carbocycles. The zero-order chi connectivity index (χ0) is 19.9. The van der Waals surface area contributed by atoms with Gasteiger partial charge in [-0.25, -0.2) is 0 Å². The number of hydrogen-bond acceptors (Lipinski definition) is 5. The van der Waals surface area contributed by atoms with Crippen LogP contribution < -0.4 is 9.64 Å². The minimum Gasteiger partial charge on any atom is -0.497 e. The van der Waals surface area contributed by atoms with Gasteiger partial charge in [0.1, 0.15) is 5.75 Å². The first kappa shape index (κ1) is 18.7. The predicted octanol–water partition coefficient (Wildman–Crippen LogP) is 3.51. The van der Waals surface area contributed by atoms with Crippen molar-refractivity contribution < 1.29 is 23.8 Å².